The van der Waals surface area contributed by atoms with Crippen LogP contribution in [0.4, 0.5) is 0 Å². The Labute approximate surface area is 106 Å². The first-order chi connectivity index (χ1) is 8.12. The summed E-state index contributed by atoms with van der Waals surface area (Å²) >= 11 is 1.65. The molecule has 1 aromatic rings. The molecule has 1 fully saturated rings. The second-order valence-corrected chi connectivity index (χ2v) is 5.75. The normalized spacial score (nSPS) is 20.8. The average molecular weight is 252 g/mol. The highest BCUT2D eigenvalue weighted by Crippen LogP contribution is 2.27. The van der Waals surface area contributed by atoms with Crippen LogP contribution in [0.25, 0.3) is 0 Å². The molecule has 1 amide bonds. The Morgan fingerprint density at radius 1 is 1.47 bits per heavy atom. The lowest BCUT2D eigenvalue weighted by molar-refractivity contribution is -0.128. The van der Waals surface area contributed by atoms with Gasteiger partial charge in [-0.15, -0.1) is 0 Å². The molecule has 0 bridgehead atoms. The van der Waals surface area contributed by atoms with Gasteiger partial charge in [0.15, 0.2) is 0 Å². The maximum Gasteiger partial charge on any atom is 0.240 e. The molecule has 94 valence electrons. The number of nitrogens with two attached hydrogens (primary N) is 1. The van der Waals surface area contributed by atoms with Crippen molar-refractivity contribution < 1.29 is 4.79 Å². The van der Waals surface area contributed by atoms with Gasteiger partial charge >= 0.3 is 0 Å². The first-order valence-electron chi connectivity index (χ1n) is 6.24. The van der Waals surface area contributed by atoms with E-state index in [1.807, 2.05) is 18.4 Å². The molecule has 0 spiro atoms. The minimum Gasteiger partial charge on any atom is -0.348 e. The number of nitrogens with one attached hydrogen (secondary N) is 1. The molecule has 1 aromatic heterocycles. The zero-order valence-electron chi connectivity index (χ0n) is 10.2. The first kappa shape index (κ1) is 12.6. The molecule has 1 saturated carbocycles. The van der Waals surface area contributed by atoms with Gasteiger partial charge < -0.3 is 11.1 Å². The number of amides is 1. The third-order valence-electron chi connectivity index (χ3n) is 3.59. The Morgan fingerprint density at radius 2 is 2.18 bits per heavy atom. The van der Waals surface area contributed by atoms with Crippen LogP contribution >= 0.6 is 11.3 Å². The third-order valence-corrected chi connectivity index (χ3v) is 4.29. The van der Waals surface area contributed by atoms with Gasteiger partial charge in [0.25, 0.3) is 0 Å². The van der Waals surface area contributed by atoms with Crippen molar-refractivity contribution in [3.63, 3.8) is 0 Å². The molecule has 3 N–H and O–H groups in total. The zero-order valence-corrected chi connectivity index (χ0v) is 11.1. The predicted molar refractivity (Wildman–Crippen MR) is 70.9 cm³/mol. The summed E-state index contributed by atoms with van der Waals surface area (Å²) < 4.78 is 0. The Hall–Kier alpha value is -0.870. The summed E-state index contributed by atoms with van der Waals surface area (Å²) in [5.41, 5.74) is 6.71. The quantitative estimate of drug-likeness (QED) is 0.868. The molecule has 2 rings (SSSR count). The maximum atomic E-state index is 12.2. The molecular formula is C13H20N2OS. The van der Waals surface area contributed by atoms with Gasteiger partial charge in [-0.2, -0.15) is 11.3 Å². The lowest BCUT2D eigenvalue weighted by atomic mass is 9.81. The molecule has 1 aliphatic carbocycles. The summed E-state index contributed by atoms with van der Waals surface area (Å²) in [5, 5.41) is 7.12. The van der Waals surface area contributed by atoms with E-state index in [0.29, 0.717) is 0 Å². The van der Waals surface area contributed by atoms with Crippen LogP contribution in [-0.2, 0) is 4.79 Å². The van der Waals surface area contributed by atoms with E-state index in [0.717, 1.165) is 31.2 Å². The Balaban J connectivity index is 1.96. The van der Waals surface area contributed by atoms with Gasteiger partial charge in [-0.25, -0.2) is 0 Å². The number of rotatable bonds is 3. The monoisotopic (exact) mass is 252 g/mol. The third kappa shape index (κ3) is 2.87. The van der Waals surface area contributed by atoms with Crippen molar-refractivity contribution in [2.45, 2.75) is 50.6 Å². The van der Waals surface area contributed by atoms with E-state index >= 15 is 0 Å². The molecule has 1 aliphatic rings. The fraction of sp³-hybridized carbons (Fsp3) is 0.615. The van der Waals surface area contributed by atoms with E-state index in [1.165, 1.54) is 6.42 Å². The molecule has 1 unspecified atom stereocenters. The van der Waals surface area contributed by atoms with Crippen LogP contribution in [0, 0.1) is 0 Å². The van der Waals surface area contributed by atoms with Crippen LogP contribution in [0.3, 0.4) is 0 Å². The summed E-state index contributed by atoms with van der Waals surface area (Å²) in [6.07, 6.45) is 4.96. The Kier molecular flexibility index (Phi) is 3.84. The van der Waals surface area contributed by atoms with E-state index < -0.39 is 5.54 Å². The van der Waals surface area contributed by atoms with Crippen molar-refractivity contribution in [2.75, 3.05) is 0 Å². The molecule has 17 heavy (non-hydrogen) atoms. The smallest absolute Gasteiger partial charge is 0.240 e. The molecule has 1 heterocycles. The number of thiophene rings is 1. The standard InChI is InChI=1S/C13H20N2OS/c1-10(11-5-8-17-9-11)15-12(16)13(14)6-3-2-4-7-13/h5,8-10H,2-4,6-7,14H2,1H3,(H,15,16). The van der Waals surface area contributed by atoms with Crippen LogP contribution in [0.1, 0.15) is 50.6 Å². The lowest BCUT2D eigenvalue weighted by Crippen LogP contribution is -2.55. The Bertz CT molecular complexity index is 369. The second kappa shape index (κ2) is 5.19. The number of hydrogen-bond acceptors (Lipinski definition) is 3. The Morgan fingerprint density at radius 3 is 2.76 bits per heavy atom. The van der Waals surface area contributed by atoms with Crippen LogP contribution in [0.5, 0.6) is 0 Å². The minimum atomic E-state index is -0.636. The van der Waals surface area contributed by atoms with E-state index in [2.05, 4.69) is 10.7 Å². The second-order valence-electron chi connectivity index (χ2n) is 4.97. The molecule has 0 radical (unpaired) electrons. The van der Waals surface area contributed by atoms with Gasteiger partial charge in [-0.05, 0) is 42.2 Å². The highest BCUT2D eigenvalue weighted by Gasteiger charge is 2.35. The highest BCUT2D eigenvalue weighted by molar-refractivity contribution is 7.07. The number of carbonyl (C=O) groups is 1. The van der Waals surface area contributed by atoms with Gasteiger partial charge in [0.05, 0.1) is 11.6 Å². The van der Waals surface area contributed by atoms with Crippen molar-refractivity contribution in [1.82, 2.24) is 5.32 Å². The van der Waals surface area contributed by atoms with Gasteiger partial charge in [-0.3, -0.25) is 4.79 Å². The topological polar surface area (TPSA) is 55.1 Å². The number of carbonyl (C=O) groups excluding carboxylic acids is 1. The fourth-order valence-electron chi connectivity index (χ4n) is 2.35. The first-order valence-corrected chi connectivity index (χ1v) is 7.18. The fourth-order valence-corrected chi connectivity index (χ4v) is 3.11. The van der Waals surface area contributed by atoms with Crippen molar-refractivity contribution in [1.29, 1.82) is 0 Å². The molecular weight excluding hydrogens is 232 g/mol. The molecule has 0 saturated heterocycles. The lowest BCUT2D eigenvalue weighted by Gasteiger charge is -2.33. The van der Waals surface area contributed by atoms with E-state index in [9.17, 15) is 4.79 Å². The molecule has 0 aliphatic heterocycles. The maximum absolute atomic E-state index is 12.2. The molecule has 1 atom stereocenters. The summed E-state index contributed by atoms with van der Waals surface area (Å²) in [6.45, 7) is 2.01. The van der Waals surface area contributed by atoms with E-state index in [4.69, 9.17) is 5.73 Å². The summed E-state index contributed by atoms with van der Waals surface area (Å²) in [6, 6.07) is 2.09. The van der Waals surface area contributed by atoms with Crippen LogP contribution < -0.4 is 11.1 Å². The van der Waals surface area contributed by atoms with Crippen molar-refractivity contribution in [2.24, 2.45) is 5.73 Å². The minimum absolute atomic E-state index is 0.0101. The summed E-state index contributed by atoms with van der Waals surface area (Å²) in [7, 11) is 0. The van der Waals surface area contributed by atoms with Crippen molar-refractivity contribution in [3.05, 3.63) is 22.4 Å². The SMILES string of the molecule is CC(NC(=O)C1(N)CCCCC1)c1ccsc1. The molecule has 4 heteroatoms. The van der Waals surface area contributed by atoms with Crippen LogP contribution in [0.15, 0.2) is 16.8 Å². The van der Waals surface area contributed by atoms with Crippen LogP contribution in [-0.4, -0.2) is 11.4 Å². The van der Waals surface area contributed by atoms with E-state index in [1.54, 1.807) is 11.3 Å². The molecule has 3 nitrogen and oxygen atoms in total. The average Bonchev–Trinajstić information content (AvgIpc) is 2.83. The summed E-state index contributed by atoms with van der Waals surface area (Å²) in [4.78, 5) is 12.2. The van der Waals surface area contributed by atoms with Gasteiger partial charge in [0.1, 0.15) is 0 Å². The predicted octanol–water partition coefficient (Wildman–Crippen LogP) is 2.59. The van der Waals surface area contributed by atoms with E-state index in [-0.39, 0.29) is 11.9 Å². The van der Waals surface area contributed by atoms with Crippen LogP contribution in [0.2, 0.25) is 0 Å². The summed E-state index contributed by atoms with van der Waals surface area (Å²) in [5.74, 6) is 0.0101. The largest absolute Gasteiger partial charge is 0.348 e. The molecule has 0 aromatic carbocycles. The van der Waals surface area contributed by atoms with Gasteiger partial charge in [0.2, 0.25) is 5.91 Å². The van der Waals surface area contributed by atoms with Crippen molar-refractivity contribution >= 4 is 17.2 Å². The zero-order chi connectivity index (χ0) is 12.3. The van der Waals surface area contributed by atoms with Crippen molar-refractivity contribution in [3.8, 4) is 0 Å². The van der Waals surface area contributed by atoms with Gasteiger partial charge in [0, 0.05) is 0 Å². The van der Waals surface area contributed by atoms with Gasteiger partial charge in [-0.1, -0.05) is 19.3 Å². The number of hydrogen-bond donors (Lipinski definition) is 2. The highest BCUT2D eigenvalue weighted by atomic mass is 32.1.